The van der Waals surface area contributed by atoms with Gasteiger partial charge in [0.2, 0.25) is 0 Å². The van der Waals surface area contributed by atoms with Gasteiger partial charge in [-0.25, -0.2) is 10.4 Å². The van der Waals surface area contributed by atoms with E-state index in [2.05, 4.69) is 45.6 Å². The van der Waals surface area contributed by atoms with E-state index in [1.807, 2.05) is 82.4 Å². The lowest BCUT2D eigenvalue weighted by Gasteiger charge is -2.15. The topological polar surface area (TPSA) is 67.8 Å². The van der Waals surface area contributed by atoms with E-state index in [9.17, 15) is 4.39 Å². The van der Waals surface area contributed by atoms with E-state index >= 15 is 0 Å². The van der Waals surface area contributed by atoms with E-state index < -0.39 is 0 Å². The van der Waals surface area contributed by atoms with Gasteiger partial charge < -0.3 is 14.9 Å². The smallest absolute Gasteiger partial charge is 0.130 e. The number of hydrogen-bond acceptors (Lipinski definition) is 5. The fraction of sp³-hybridized carbons (Fsp3) is 0.312. The zero-order valence-electron chi connectivity index (χ0n) is 24.1. The summed E-state index contributed by atoms with van der Waals surface area (Å²) in [5.41, 5.74) is 9.98. The zero-order valence-corrected chi connectivity index (χ0v) is 24.1. The molecule has 1 heterocycles. The number of benzene rings is 2. The second kappa shape index (κ2) is 20.1. The number of hydrazine groups is 1. The Morgan fingerprint density at radius 1 is 1.00 bits per heavy atom. The number of fused-ring (bicyclic) bond motifs is 1. The molecule has 0 bridgehead atoms. The Morgan fingerprint density at radius 2 is 1.64 bits per heavy atom. The van der Waals surface area contributed by atoms with Crippen LogP contribution in [-0.2, 0) is 6.61 Å². The number of pyridine rings is 1. The summed E-state index contributed by atoms with van der Waals surface area (Å²) in [4.78, 5) is 8.93. The van der Waals surface area contributed by atoms with Gasteiger partial charge in [-0.1, -0.05) is 62.9 Å². The van der Waals surface area contributed by atoms with Crippen LogP contribution in [0, 0.1) is 0 Å². The van der Waals surface area contributed by atoms with Crippen LogP contribution in [0.4, 0.5) is 4.39 Å². The number of halogens is 1. The van der Waals surface area contributed by atoms with Crippen LogP contribution in [0.15, 0.2) is 102 Å². The van der Waals surface area contributed by atoms with E-state index in [-0.39, 0.29) is 6.67 Å². The van der Waals surface area contributed by atoms with Crippen LogP contribution in [0.1, 0.15) is 39.8 Å². The van der Waals surface area contributed by atoms with Crippen molar-refractivity contribution in [3.63, 3.8) is 0 Å². The lowest BCUT2D eigenvalue weighted by atomic mass is 10.0. The molecule has 3 aromatic rings. The minimum Gasteiger partial charge on any atom is -0.489 e. The summed E-state index contributed by atoms with van der Waals surface area (Å²) in [6.07, 6.45) is 6.46. The van der Waals surface area contributed by atoms with Crippen LogP contribution < -0.4 is 20.3 Å². The molecule has 0 saturated heterocycles. The molecule has 1 aromatic heterocycles. The van der Waals surface area contributed by atoms with Gasteiger partial charge in [-0.15, -0.1) is 0 Å². The van der Waals surface area contributed by atoms with Gasteiger partial charge in [-0.2, -0.15) is 0 Å². The Hall–Kier alpha value is -3.97. The highest BCUT2D eigenvalue weighted by atomic mass is 19.1. The molecule has 0 amide bonds. The first-order chi connectivity index (χ1) is 19.1. The predicted molar refractivity (Wildman–Crippen MR) is 163 cm³/mol. The highest BCUT2D eigenvalue weighted by molar-refractivity contribution is 5.85. The zero-order chi connectivity index (χ0) is 28.9. The van der Waals surface area contributed by atoms with Crippen LogP contribution >= 0.6 is 0 Å². The molecule has 2 aromatic carbocycles. The third kappa shape index (κ3) is 12.0. The van der Waals surface area contributed by atoms with Crippen molar-refractivity contribution in [2.24, 2.45) is 4.99 Å². The first kappa shape index (κ1) is 33.1. The Bertz CT molecular complexity index is 1200. The number of hydrogen-bond donors (Lipinski definition) is 2. The van der Waals surface area contributed by atoms with Crippen LogP contribution in [0.2, 0.25) is 0 Å². The molecule has 0 saturated carbocycles. The van der Waals surface area contributed by atoms with E-state index in [1.165, 1.54) is 6.92 Å². The van der Waals surface area contributed by atoms with Gasteiger partial charge in [0, 0.05) is 25.9 Å². The summed E-state index contributed by atoms with van der Waals surface area (Å²) in [5.74, 6) is 2.37. The van der Waals surface area contributed by atoms with Gasteiger partial charge in [0.1, 0.15) is 30.5 Å². The molecule has 0 aliphatic rings. The van der Waals surface area contributed by atoms with Gasteiger partial charge >= 0.3 is 0 Å². The van der Waals surface area contributed by atoms with Crippen molar-refractivity contribution in [1.29, 1.82) is 0 Å². The maximum atomic E-state index is 10.3. The molecule has 0 fully saturated rings. The molecule has 0 aliphatic carbocycles. The normalized spacial score (nSPS) is 11.5. The molecule has 6 nitrogen and oxygen atoms in total. The highest BCUT2D eigenvalue weighted by Gasteiger charge is 2.09. The summed E-state index contributed by atoms with van der Waals surface area (Å²) in [5, 5.41) is 1.12. The second-order valence-corrected chi connectivity index (χ2v) is 7.77. The van der Waals surface area contributed by atoms with Crippen molar-refractivity contribution in [1.82, 2.24) is 15.8 Å². The van der Waals surface area contributed by atoms with Crippen LogP contribution in [-0.4, -0.2) is 38.2 Å². The summed E-state index contributed by atoms with van der Waals surface area (Å²) in [7, 11) is 3.57. The monoisotopic (exact) mass is 534 g/mol. The third-order valence-electron chi connectivity index (χ3n) is 5.24. The van der Waals surface area contributed by atoms with E-state index in [0.29, 0.717) is 19.6 Å². The van der Waals surface area contributed by atoms with Gasteiger partial charge in [-0.3, -0.25) is 9.38 Å². The fourth-order valence-corrected chi connectivity index (χ4v) is 3.43. The van der Waals surface area contributed by atoms with Crippen molar-refractivity contribution in [3.05, 3.63) is 102 Å². The van der Waals surface area contributed by atoms with Gasteiger partial charge in [0.05, 0.1) is 17.9 Å². The molecule has 2 N–H and O–H groups in total. The lowest BCUT2D eigenvalue weighted by Crippen LogP contribution is -2.34. The maximum absolute atomic E-state index is 10.3. The quantitative estimate of drug-likeness (QED) is 0.116. The number of nitrogens with zero attached hydrogens (tertiary/aromatic N) is 2. The largest absolute Gasteiger partial charge is 0.489 e. The van der Waals surface area contributed by atoms with Gasteiger partial charge in [0.15, 0.2) is 0 Å². The first-order valence-corrected chi connectivity index (χ1v) is 13.2. The molecular formula is C32H43FN4O2. The maximum Gasteiger partial charge on any atom is 0.130 e. The summed E-state index contributed by atoms with van der Waals surface area (Å²) < 4.78 is 22.2. The minimum atomic E-state index is -0.250. The van der Waals surface area contributed by atoms with Crippen LogP contribution in [0.25, 0.3) is 10.9 Å². The number of rotatable bonds is 11. The Balaban J connectivity index is 0.00000142. The highest BCUT2D eigenvalue weighted by Crippen LogP contribution is 2.22. The predicted octanol–water partition coefficient (Wildman–Crippen LogP) is 7.40. The van der Waals surface area contributed by atoms with E-state index in [1.54, 1.807) is 13.1 Å². The molecule has 0 unspecified atom stereocenters. The second-order valence-electron chi connectivity index (χ2n) is 7.77. The number of aliphatic imine (C=N–C) groups is 1. The van der Waals surface area contributed by atoms with Crippen molar-refractivity contribution in [2.45, 2.75) is 40.7 Å². The SMILES string of the molecule is C=C/C=C(CC(=NC)NNC)\C(=C/C)COc1ccc(OCc2ccc3ccccc3n2)cc1.CC.CCF. The van der Waals surface area contributed by atoms with Gasteiger partial charge in [-0.05, 0) is 61.4 Å². The number of alkyl halides is 1. The molecule has 0 atom stereocenters. The molecule has 3 rings (SSSR count). The summed E-state index contributed by atoms with van der Waals surface area (Å²) in [6.45, 7) is 11.9. The Kier molecular flexibility index (Phi) is 17.0. The average molecular weight is 535 g/mol. The molecular weight excluding hydrogens is 491 g/mol. The minimum absolute atomic E-state index is 0.250. The Morgan fingerprint density at radius 3 is 2.23 bits per heavy atom. The molecule has 0 radical (unpaired) electrons. The number of aromatic nitrogens is 1. The van der Waals surface area contributed by atoms with Crippen LogP contribution in [0.3, 0.4) is 0 Å². The van der Waals surface area contributed by atoms with E-state index in [4.69, 9.17) is 9.47 Å². The first-order valence-electron chi connectivity index (χ1n) is 13.2. The standard InChI is InChI=1S/C28H32N4O2.C2H5F.C2H6/c1-5-9-23(18-28(29-3)32-30-4)21(6-2)19-33-25-14-16-26(17-15-25)34-20-24-13-12-22-10-7-8-11-27(22)31-24;1-2-3;1-2/h5-17,30H,1,18-20H2,2-4H3,(H,29,32);2H2,1H3;1-2H3/b21-6-,23-9-;;. The number of allylic oxidation sites excluding steroid dienone is 3. The Labute approximate surface area is 233 Å². The van der Waals surface area contributed by atoms with Crippen LogP contribution in [0.5, 0.6) is 11.5 Å². The number of para-hydroxylation sites is 1. The average Bonchev–Trinajstić information content (AvgIpc) is 2.98. The van der Waals surface area contributed by atoms with Crippen molar-refractivity contribution < 1.29 is 13.9 Å². The van der Waals surface area contributed by atoms with Crippen molar-refractivity contribution in [3.8, 4) is 11.5 Å². The van der Waals surface area contributed by atoms with E-state index in [0.717, 1.165) is 45.1 Å². The third-order valence-corrected chi connectivity index (χ3v) is 5.24. The summed E-state index contributed by atoms with van der Waals surface area (Å²) in [6, 6.07) is 19.8. The fourth-order valence-electron chi connectivity index (χ4n) is 3.43. The number of ether oxygens (including phenoxy) is 2. The number of nitrogens with one attached hydrogen (secondary N) is 2. The molecule has 7 heteroatoms. The van der Waals surface area contributed by atoms with Crippen molar-refractivity contribution >= 4 is 16.7 Å². The molecule has 0 aliphatic heterocycles. The molecule has 39 heavy (non-hydrogen) atoms. The molecule has 210 valence electrons. The number of amidine groups is 1. The van der Waals surface area contributed by atoms with Gasteiger partial charge in [0.25, 0.3) is 0 Å². The lowest BCUT2D eigenvalue weighted by molar-refractivity contribution is 0.300. The van der Waals surface area contributed by atoms with Crippen molar-refractivity contribution in [2.75, 3.05) is 27.4 Å². The molecule has 0 spiro atoms. The summed E-state index contributed by atoms with van der Waals surface area (Å²) >= 11 is 0.